The Morgan fingerprint density at radius 3 is 2.45 bits per heavy atom. The third-order valence-electron chi connectivity index (χ3n) is 6.83. The van der Waals surface area contributed by atoms with Crippen LogP contribution < -0.4 is 5.32 Å². The van der Waals surface area contributed by atoms with E-state index >= 15 is 0 Å². The number of fused-ring (bicyclic) bond motifs is 2. The molecule has 1 saturated heterocycles. The van der Waals surface area contributed by atoms with Gasteiger partial charge in [-0.25, -0.2) is 0 Å². The lowest BCUT2D eigenvalue weighted by Gasteiger charge is -2.38. The van der Waals surface area contributed by atoms with Gasteiger partial charge in [-0.05, 0) is 62.6 Å². The van der Waals surface area contributed by atoms with E-state index in [2.05, 4.69) is 5.32 Å². The summed E-state index contributed by atoms with van der Waals surface area (Å²) < 4.78 is 43.4. The van der Waals surface area contributed by atoms with Crippen molar-refractivity contribution in [2.45, 2.75) is 57.0 Å². The number of piperidine rings is 1. The van der Waals surface area contributed by atoms with Gasteiger partial charge in [0.2, 0.25) is 0 Å². The van der Waals surface area contributed by atoms with Crippen LogP contribution in [0.1, 0.15) is 37.7 Å². The molecule has 1 aromatic carbocycles. The maximum atomic E-state index is 12.9. The first kappa shape index (κ1) is 20.7. The Balaban J connectivity index is 1.31. The van der Waals surface area contributed by atoms with E-state index in [9.17, 15) is 18.0 Å². The van der Waals surface area contributed by atoms with E-state index < -0.39 is 12.7 Å². The molecule has 0 spiro atoms. The lowest BCUT2D eigenvalue weighted by Crippen LogP contribution is -2.52. The molecular formula is C22H29F3N2O2. The van der Waals surface area contributed by atoms with E-state index in [1.807, 2.05) is 30.3 Å². The van der Waals surface area contributed by atoms with Crippen LogP contribution in [0.4, 0.5) is 13.2 Å². The zero-order valence-electron chi connectivity index (χ0n) is 16.5. The summed E-state index contributed by atoms with van der Waals surface area (Å²) in [5, 5.41) is 3.65. The van der Waals surface area contributed by atoms with E-state index in [1.54, 1.807) is 0 Å². The Morgan fingerprint density at radius 2 is 1.76 bits per heavy atom. The topological polar surface area (TPSA) is 41.6 Å². The average Bonchev–Trinajstić information content (AvgIpc) is 3.29. The van der Waals surface area contributed by atoms with Gasteiger partial charge in [0.15, 0.2) is 0 Å². The van der Waals surface area contributed by atoms with Gasteiger partial charge in [0.05, 0.1) is 12.5 Å². The minimum atomic E-state index is -4.14. The number of hydrogen-bond donors (Lipinski definition) is 1. The predicted octanol–water partition coefficient (Wildman–Crippen LogP) is 3.76. The molecule has 2 bridgehead atoms. The summed E-state index contributed by atoms with van der Waals surface area (Å²) in [6.45, 7) is 0.348. The number of esters is 1. The van der Waals surface area contributed by atoms with Crippen LogP contribution in [-0.2, 0) is 16.1 Å². The molecule has 4 atom stereocenters. The summed E-state index contributed by atoms with van der Waals surface area (Å²) in [7, 11) is 0. The van der Waals surface area contributed by atoms with Gasteiger partial charge in [-0.2, -0.15) is 13.2 Å². The van der Waals surface area contributed by atoms with Crippen molar-refractivity contribution in [1.29, 1.82) is 0 Å². The normalized spacial score (nSPS) is 30.6. The van der Waals surface area contributed by atoms with Crippen molar-refractivity contribution >= 4 is 5.97 Å². The molecule has 4 rings (SSSR count). The highest BCUT2D eigenvalue weighted by molar-refractivity contribution is 5.74. The summed E-state index contributed by atoms with van der Waals surface area (Å²) in [6, 6.07) is 9.94. The maximum Gasteiger partial charge on any atom is 0.401 e. The third kappa shape index (κ3) is 5.12. The van der Waals surface area contributed by atoms with E-state index in [0.717, 1.165) is 24.8 Å². The van der Waals surface area contributed by atoms with Gasteiger partial charge in [0.1, 0.15) is 6.61 Å². The fourth-order valence-corrected chi connectivity index (χ4v) is 5.48. The Kier molecular flexibility index (Phi) is 6.16. The molecule has 3 aliphatic rings. The minimum Gasteiger partial charge on any atom is -0.461 e. The molecule has 2 saturated carbocycles. The number of nitrogens with zero attached hydrogens (tertiary/aromatic N) is 1. The second kappa shape index (κ2) is 8.64. The molecule has 0 radical (unpaired) electrons. The fraction of sp³-hybridized carbons (Fsp3) is 0.682. The first-order chi connectivity index (χ1) is 13.9. The largest absolute Gasteiger partial charge is 0.461 e. The molecule has 1 aromatic rings. The van der Waals surface area contributed by atoms with Crippen molar-refractivity contribution < 1.29 is 22.7 Å². The van der Waals surface area contributed by atoms with Crippen molar-refractivity contribution in [3.8, 4) is 0 Å². The highest BCUT2D eigenvalue weighted by Crippen LogP contribution is 2.49. The van der Waals surface area contributed by atoms with E-state index in [1.165, 1.54) is 4.90 Å². The van der Waals surface area contributed by atoms with Crippen LogP contribution in [0.2, 0.25) is 0 Å². The number of halogens is 3. The lowest BCUT2D eigenvalue weighted by molar-refractivity contribution is -0.153. The minimum absolute atomic E-state index is 0.0937. The van der Waals surface area contributed by atoms with Crippen molar-refractivity contribution in [2.75, 3.05) is 19.6 Å². The van der Waals surface area contributed by atoms with Crippen LogP contribution in [0, 0.1) is 17.8 Å². The van der Waals surface area contributed by atoms with Crippen LogP contribution >= 0.6 is 0 Å². The van der Waals surface area contributed by atoms with Gasteiger partial charge in [0, 0.05) is 12.1 Å². The fourth-order valence-electron chi connectivity index (χ4n) is 5.48. The zero-order chi connectivity index (χ0) is 20.4. The number of carbonyl (C=O) groups is 1. The molecule has 29 heavy (non-hydrogen) atoms. The van der Waals surface area contributed by atoms with Crippen LogP contribution in [-0.4, -0.2) is 48.8 Å². The zero-order valence-corrected chi connectivity index (χ0v) is 16.5. The highest BCUT2D eigenvalue weighted by Gasteiger charge is 2.52. The Hall–Kier alpha value is -1.60. The quantitative estimate of drug-likeness (QED) is 0.725. The number of hydrogen-bond acceptors (Lipinski definition) is 4. The molecule has 0 unspecified atom stereocenters. The molecular weight excluding hydrogens is 381 g/mol. The average molecular weight is 410 g/mol. The van der Waals surface area contributed by atoms with Crippen LogP contribution in [0.3, 0.4) is 0 Å². The second-order valence-electron chi connectivity index (χ2n) is 8.81. The maximum absolute atomic E-state index is 12.9. The lowest BCUT2D eigenvalue weighted by atomic mass is 9.83. The second-order valence-corrected chi connectivity index (χ2v) is 8.81. The Labute approximate surface area is 169 Å². The first-order valence-electron chi connectivity index (χ1n) is 10.6. The van der Waals surface area contributed by atoms with Gasteiger partial charge < -0.3 is 10.1 Å². The number of ether oxygens (including phenoxy) is 1. The van der Waals surface area contributed by atoms with Gasteiger partial charge in [-0.1, -0.05) is 30.3 Å². The summed E-state index contributed by atoms with van der Waals surface area (Å²) in [4.78, 5) is 14.4. The van der Waals surface area contributed by atoms with E-state index in [0.29, 0.717) is 37.8 Å². The molecule has 0 aromatic heterocycles. The number of benzene rings is 1. The molecule has 1 heterocycles. The number of nitrogens with one attached hydrogen (secondary N) is 1. The molecule has 2 aliphatic carbocycles. The number of carbonyl (C=O) groups excluding carboxylic acids is 1. The van der Waals surface area contributed by atoms with E-state index in [4.69, 9.17) is 4.74 Å². The van der Waals surface area contributed by atoms with Crippen molar-refractivity contribution in [3.05, 3.63) is 35.9 Å². The smallest absolute Gasteiger partial charge is 0.401 e. The SMILES string of the molecule is O=C(OCc1ccccc1)[C@@H]1[C@H]2CC[C@@H](C2)[C@H]1NC1CCN(CC(F)(F)F)CC1. The van der Waals surface area contributed by atoms with Crippen molar-refractivity contribution in [2.24, 2.45) is 17.8 Å². The van der Waals surface area contributed by atoms with Gasteiger partial charge in [-0.3, -0.25) is 9.69 Å². The van der Waals surface area contributed by atoms with Crippen molar-refractivity contribution in [1.82, 2.24) is 10.2 Å². The summed E-state index contributed by atoms with van der Waals surface area (Å²) >= 11 is 0. The molecule has 1 aliphatic heterocycles. The Morgan fingerprint density at radius 1 is 1.07 bits per heavy atom. The number of rotatable bonds is 6. The predicted molar refractivity (Wildman–Crippen MR) is 103 cm³/mol. The van der Waals surface area contributed by atoms with Crippen LogP contribution in [0.5, 0.6) is 0 Å². The summed E-state index contributed by atoms with van der Waals surface area (Å²) in [6.07, 6.45) is 0.482. The molecule has 160 valence electrons. The number of likely N-dealkylation sites (tertiary alicyclic amines) is 1. The third-order valence-corrected chi connectivity index (χ3v) is 6.83. The first-order valence-corrected chi connectivity index (χ1v) is 10.6. The molecule has 3 fully saturated rings. The molecule has 1 N–H and O–H groups in total. The number of alkyl halides is 3. The van der Waals surface area contributed by atoms with E-state index in [-0.39, 0.29) is 30.6 Å². The summed E-state index contributed by atoms with van der Waals surface area (Å²) in [5.41, 5.74) is 0.977. The van der Waals surface area contributed by atoms with Gasteiger partial charge in [0.25, 0.3) is 0 Å². The van der Waals surface area contributed by atoms with Gasteiger partial charge >= 0.3 is 12.1 Å². The molecule has 0 amide bonds. The standard InChI is InChI=1S/C22H29F3N2O2/c23-22(24,25)14-27-10-8-18(9-11-27)26-20-17-7-6-16(12-17)19(20)21(28)29-13-15-4-2-1-3-5-15/h1-5,16-20,26H,6-14H2/t16-,17-,19+,20+/m0/s1. The summed E-state index contributed by atoms with van der Waals surface area (Å²) in [5.74, 6) is 0.576. The van der Waals surface area contributed by atoms with Gasteiger partial charge in [-0.15, -0.1) is 0 Å². The monoisotopic (exact) mass is 410 g/mol. The highest BCUT2D eigenvalue weighted by atomic mass is 19.4. The van der Waals surface area contributed by atoms with Crippen LogP contribution in [0.25, 0.3) is 0 Å². The van der Waals surface area contributed by atoms with Crippen LogP contribution in [0.15, 0.2) is 30.3 Å². The Bertz CT molecular complexity index is 689. The molecule has 7 heteroatoms. The van der Waals surface area contributed by atoms with Crippen molar-refractivity contribution in [3.63, 3.8) is 0 Å². The molecule has 4 nitrogen and oxygen atoms in total.